The number of thiophene rings is 1. The van der Waals surface area contributed by atoms with Crippen molar-refractivity contribution in [3.8, 4) is 16.9 Å². The molecule has 0 aliphatic heterocycles. The number of nitrogens with one attached hydrogen (secondary N) is 1. The molecule has 0 saturated heterocycles. The normalized spacial score (nSPS) is 10.8. The highest BCUT2D eigenvalue weighted by molar-refractivity contribution is 7.17. The molecule has 2 heterocycles. The molecule has 0 spiro atoms. The molecule has 0 saturated carbocycles. The Bertz CT molecular complexity index is 755. The Kier molecular flexibility index (Phi) is 3.46. The van der Waals surface area contributed by atoms with Crippen LogP contribution in [0.5, 0.6) is 5.75 Å². The molecular weight excluding hydrogens is 294 g/mol. The Hall–Kier alpha value is -1.85. The van der Waals surface area contributed by atoms with E-state index in [4.69, 9.17) is 16.3 Å². The average molecular weight is 306 g/mol. The van der Waals surface area contributed by atoms with E-state index in [1.165, 1.54) is 0 Å². The van der Waals surface area contributed by atoms with Crippen molar-refractivity contribution in [2.75, 3.05) is 19.5 Å². The van der Waals surface area contributed by atoms with Gasteiger partial charge in [-0.25, -0.2) is 9.97 Å². The van der Waals surface area contributed by atoms with Crippen LogP contribution >= 0.6 is 22.9 Å². The molecule has 0 amide bonds. The molecule has 102 valence electrons. The van der Waals surface area contributed by atoms with Crippen LogP contribution in [-0.2, 0) is 0 Å². The van der Waals surface area contributed by atoms with Crippen LogP contribution in [-0.4, -0.2) is 24.1 Å². The summed E-state index contributed by atoms with van der Waals surface area (Å²) in [5.41, 5.74) is 2.19. The lowest BCUT2D eigenvalue weighted by Crippen LogP contribution is -1.95. The third kappa shape index (κ3) is 2.19. The van der Waals surface area contributed by atoms with Gasteiger partial charge in [0.05, 0.1) is 12.5 Å². The van der Waals surface area contributed by atoms with Crippen molar-refractivity contribution < 1.29 is 4.74 Å². The number of aromatic nitrogens is 2. The van der Waals surface area contributed by atoms with Gasteiger partial charge in [0.1, 0.15) is 16.4 Å². The molecule has 3 rings (SSSR count). The van der Waals surface area contributed by atoms with Gasteiger partial charge in [0.25, 0.3) is 0 Å². The van der Waals surface area contributed by atoms with E-state index in [-0.39, 0.29) is 5.28 Å². The molecule has 3 aromatic rings. The Morgan fingerprint density at radius 3 is 2.60 bits per heavy atom. The summed E-state index contributed by atoms with van der Waals surface area (Å²) in [6, 6.07) is 7.92. The number of methoxy groups -OCH3 is 1. The summed E-state index contributed by atoms with van der Waals surface area (Å²) in [6.45, 7) is 0. The van der Waals surface area contributed by atoms with Gasteiger partial charge in [-0.15, -0.1) is 11.3 Å². The summed E-state index contributed by atoms with van der Waals surface area (Å²) in [5.74, 6) is 1.58. The smallest absolute Gasteiger partial charge is 0.225 e. The lowest BCUT2D eigenvalue weighted by atomic mass is 10.1. The summed E-state index contributed by atoms with van der Waals surface area (Å²) in [4.78, 5) is 9.38. The number of halogens is 1. The highest BCUT2D eigenvalue weighted by atomic mass is 35.5. The molecule has 0 unspecified atom stereocenters. The SMILES string of the molecule is CNc1nc(Cl)nc2scc(-c3ccc(OC)cc3)c12. The quantitative estimate of drug-likeness (QED) is 0.741. The van der Waals surface area contributed by atoms with Crippen molar-refractivity contribution in [3.63, 3.8) is 0 Å². The summed E-state index contributed by atoms with van der Waals surface area (Å²) >= 11 is 7.48. The van der Waals surface area contributed by atoms with E-state index < -0.39 is 0 Å². The first-order chi connectivity index (χ1) is 9.72. The monoisotopic (exact) mass is 305 g/mol. The minimum atomic E-state index is 0.255. The van der Waals surface area contributed by atoms with Crippen LogP contribution in [0.3, 0.4) is 0 Å². The molecule has 0 fully saturated rings. The van der Waals surface area contributed by atoms with Crippen LogP contribution in [0.4, 0.5) is 5.82 Å². The molecule has 0 aliphatic rings. The van der Waals surface area contributed by atoms with Gasteiger partial charge in [0.15, 0.2) is 0 Å². The van der Waals surface area contributed by atoms with E-state index in [0.29, 0.717) is 0 Å². The predicted molar refractivity (Wildman–Crippen MR) is 84.0 cm³/mol. The van der Waals surface area contributed by atoms with Crippen molar-refractivity contribution in [1.82, 2.24) is 9.97 Å². The number of hydrogen-bond acceptors (Lipinski definition) is 5. The molecule has 1 N–H and O–H groups in total. The minimum Gasteiger partial charge on any atom is -0.497 e. The lowest BCUT2D eigenvalue weighted by molar-refractivity contribution is 0.415. The van der Waals surface area contributed by atoms with Crippen molar-refractivity contribution in [2.24, 2.45) is 0 Å². The van der Waals surface area contributed by atoms with Crippen LogP contribution in [0.2, 0.25) is 5.28 Å². The number of fused-ring (bicyclic) bond motifs is 1. The molecule has 20 heavy (non-hydrogen) atoms. The summed E-state index contributed by atoms with van der Waals surface area (Å²) in [7, 11) is 3.48. The molecule has 0 atom stereocenters. The highest BCUT2D eigenvalue weighted by Crippen LogP contribution is 2.37. The maximum Gasteiger partial charge on any atom is 0.225 e. The lowest BCUT2D eigenvalue weighted by Gasteiger charge is -2.06. The standard InChI is InChI=1S/C14H12ClN3OS/c1-16-12-11-10(7-20-13(11)18-14(15)17-12)8-3-5-9(19-2)6-4-8/h3-7H,1-2H3,(H,16,17,18). The van der Waals surface area contributed by atoms with Crippen molar-refractivity contribution in [1.29, 1.82) is 0 Å². The molecule has 4 nitrogen and oxygen atoms in total. The molecule has 0 aliphatic carbocycles. The van der Waals surface area contributed by atoms with Crippen LogP contribution in [0.1, 0.15) is 0 Å². The van der Waals surface area contributed by atoms with Crippen molar-refractivity contribution in [2.45, 2.75) is 0 Å². The molecule has 0 bridgehead atoms. The minimum absolute atomic E-state index is 0.255. The highest BCUT2D eigenvalue weighted by Gasteiger charge is 2.14. The zero-order chi connectivity index (χ0) is 14.1. The van der Waals surface area contributed by atoms with E-state index in [1.54, 1.807) is 18.4 Å². The number of nitrogens with zero attached hydrogens (tertiary/aromatic N) is 2. The van der Waals surface area contributed by atoms with Gasteiger partial charge in [0.2, 0.25) is 5.28 Å². The van der Waals surface area contributed by atoms with Gasteiger partial charge >= 0.3 is 0 Å². The first kappa shape index (κ1) is 13.1. The van der Waals surface area contributed by atoms with Gasteiger partial charge < -0.3 is 10.1 Å². The number of hydrogen-bond donors (Lipinski definition) is 1. The number of ether oxygens (including phenoxy) is 1. The first-order valence-corrected chi connectivity index (χ1v) is 7.25. The first-order valence-electron chi connectivity index (χ1n) is 6.00. The van der Waals surface area contributed by atoms with Gasteiger partial charge in [0, 0.05) is 18.0 Å². The van der Waals surface area contributed by atoms with E-state index in [0.717, 1.165) is 32.9 Å². The fourth-order valence-corrected chi connectivity index (χ4v) is 3.25. The summed E-state index contributed by atoms with van der Waals surface area (Å²) in [5, 5.41) is 6.39. The van der Waals surface area contributed by atoms with Crippen LogP contribution in [0.15, 0.2) is 29.6 Å². The molecule has 1 aromatic carbocycles. The van der Waals surface area contributed by atoms with Crippen molar-refractivity contribution >= 4 is 39.0 Å². The summed E-state index contributed by atoms with van der Waals surface area (Å²) < 4.78 is 5.18. The average Bonchev–Trinajstić information content (AvgIpc) is 2.90. The Balaban J connectivity index is 2.20. The Labute approximate surface area is 125 Å². The Morgan fingerprint density at radius 2 is 1.95 bits per heavy atom. The van der Waals surface area contributed by atoms with Gasteiger partial charge in [-0.2, -0.15) is 0 Å². The molecule has 0 radical (unpaired) electrons. The van der Waals surface area contributed by atoms with Gasteiger partial charge in [-0.05, 0) is 29.3 Å². The maximum absolute atomic E-state index is 5.93. The van der Waals surface area contributed by atoms with Gasteiger partial charge in [-0.1, -0.05) is 12.1 Å². The zero-order valence-corrected chi connectivity index (χ0v) is 12.5. The van der Waals surface area contributed by atoms with Crippen LogP contribution < -0.4 is 10.1 Å². The second-order valence-corrected chi connectivity index (χ2v) is 5.35. The third-order valence-electron chi connectivity index (χ3n) is 3.04. The van der Waals surface area contributed by atoms with E-state index in [1.807, 2.05) is 31.3 Å². The molecule has 6 heteroatoms. The fraction of sp³-hybridized carbons (Fsp3) is 0.143. The number of anilines is 1. The maximum atomic E-state index is 5.93. The third-order valence-corrected chi connectivity index (χ3v) is 4.09. The summed E-state index contributed by atoms with van der Waals surface area (Å²) in [6.07, 6.45) is 0. The number of benzene rings is 1. The second kappa shape index (κ2) is 5.26. The predicted octanol–water partition coefficient (Wildman–Crippen LogP) is 4.06. The second-order valence-electron chi connectivity index (χ2n) is 4.15. The fourth-order valence-electron chi connectivity index (χ4n) is 2.08. The molecule has 2 aromatic heterocycles. The Morgan fingerprint density at radius 1 is 1.20 bits per heavy atom. The van der Waals surface area contributed by atoms with E-state index >= 15 is 0 Å². The zero-order valence-electron chi connectivity index (χ0n) is 11.0. The topological polar surface area (TPSA) is 47.0 Å². The van der Waals surface area contributed by atoms with Gasteiger partial charge in [-0.3, -0.25) is 0 Å². The van der Waals surface area contributed by atoms with E-state index in [9.17, 15) is 0 Å². The van der Waals surface area contributed by atoms with Crippen LogP contribution in [0, 0.1) is 0 Å². The number of rotatable bonds is 3. The largest absolute Gasteiger partial charge is 0.497 e. The van der Waals surface area contributed by atoms with E-state index in [2.05, 4.69) is 20.7 Å². The molecular formula is C14H12ClN3OS. The van der Waals surface area contributed by atoms with Crippen LogP contribution in [0.25, 0.3) is 21.3 Å². The van der Waals surface area contributed by atoms with Crippen molar-refractivity contribution in [3.05, 3.63) is 34.9 Å².